The van der Waals surface area contributed by atoms with Crippen LogP contribution in [-0.2, 0) is 14.3 Å². The van der Waals surface area contributed by atoms with Gasteiger partial charge in [0.05, 0.1) is 13.2 Å². The minimum Gasteiger partial charge on any atom is -0.344 e. The lowest BCUT2D eigenvalue weighted by atomic mass is 10.2. The molecule has 0 bridgehead atoms. The lowest BCUT2D eigenvalue weighted by molar-refractivity contribution is -0.216. The largest absolute Gasteiger partial charge is 0.344 e. The van der Waals surface area contributed by atoms with Crippen LogP contribution in [0.4, 0.5) is 0 Å². The maximum atomic E-state index is 10.8. The number of hydrogen-bond donors (Lipinski definition) is 0. The molecule has 0 aliphatic heterocycles. The number of carbonyl (C=O) groups excluding carboxylic acids is 1. The summed E-state index contributed by atoms with van der Waals surface area (Å²) >= 11 is 0. The van der Waals surface area contributed by atoms with Gasteiger partial charge in [0.25, 0.3) is 0 Å². The first-order valence-corrected chi connectivity index (χ1v) is 5.14. The summed E-state index contributed by atoms with van der Waals surface area (Å²) in [6, 6.07) is 0. The first kappa shape index (κ1) is 13.6. The Balaban J connectivity index is 3.97. The maximum absolute atomic E-state index is 10.8. The van der Waals surface area contributed by atoms with Crippen LogP contribution in [0.25, 0.3) is 0 Å². The van der Waals surface area contributed by atoms with Crippen LogP contribution in [0.5, 0.6) is 0 Å². The van der Waals surface area contributed by atoms with E-state index >= 15 is 0 Å². The zero-order valence-corrected chi connectivity index (χ0v) is 9.87. The SMILES string of the molecule is CC(C)COC(C)(C=O)OCC(C)C. The van der Waals surface area contributed by atoms with Gasteiger partial charge in [0.15, 0.2) is 6.29 Å². The fourth-order valence-electron chi connectivity index (χ4n) is 0.774. The highest BCUT2D eigenvalue weighted by atomic mass is 16.7. The minimum absolute atomic E-state index is 0.400. The first-order chi connectivity index (χ1) is 6.39. The lowest BCUT2D eigenvalue weighted by Gasteiger charge is -2.26. The molecule has 3 heteroatoms. The number of ether oxygens (including phenoxy) is 2. The fraction of sp³-hybridized carbons (Fsp3) is 0.909. The van der Waals surface area contributed by atoms with Crippen LogP contribution >= 0.6 is 0 Å². The van der Waals surface area contributed by atoms with E-state index in [1.54, 1.807) is 6.92 Å². The van der Waals surface area contributed by atoms with Crippen LogP contribution in [0.2, 0.25) is 0 Å². The van der Waals surface area contributed by atoms with Crippen LogP contribution in [0.3, 0.4) is 0 Å². The summed E-state index contributed by atoms with van der Waals surface area (Å²) in [6.45, 7) is 10.9. The van der Waals surface area contributed by atoms with Crippen molar-refractivity contribution >= 4 is 6.29 Å². The monoisotopic (exact) mass is 202 g/mol. The summed E-state index contributed by atoms with van der Waals surface area (Å²) < 4.78 is 10.8. The average molecular weight is 202 g/mol. The molecule has 0 spiro atoms. The van der Waals surface area contributed by atoms with Crippen LogP contribution in [0.15, 0.2) is 0 Å². The summed E-state index contributed by atoms with van der Waals surface area (Å²) in [7, 11) is 0. The molecular weight excluding hydrogens is 180 g/mol. The predicted molar refractivity (Wildman–Crippen MR) is 56.0 cm³/mol. The second-order valence-electron chi connectivity index (χ2n) is 4.54. The van der Waals surface area contributed by atoms with Gasteiger partial charge in [-0.1, -0.05) is 27.7 Å². The van der Waals surface area contributed by atoms with Crippen molar-refractivity contribution < 1.29 is 14.3 Å². The van der Waals surface area contributed by atoms with Gasteiger partial charge < -0.3 is 9.47 Å². The van der Waals surface area contributed by atoms with E-state index in [2.05, 4.69) is 0 Å². The Labute approximate surface area is 86.8 Å². The molecule has 0 unspecified atom stereocenters. The molecule has 0 amide bonds. The average Bonchev–Trinajstić information content (AvgIpc) is 2.11. The van der Waals surface area contributed by atoms with E-state index in [4.69, 9.17) is 9.47 Å². The zero-order valence-electron chi connectivity index (χ0n) is 9.87. The van der Waals surface area contributed by atoms with Crippen molar-refractivity contribution in [1.82, 2.24) is 0 Å². The lowest BCUT2D eigenvalue weighted by Crippen LogP contribution is -2.36. The molecule has 0 saturated carbocycles. The molecule has 0 fully saturated rings. The summed E-state index contributed by atoms with van der Waals surface area (Å²) in [5.41, 5.74) is 0. The van der Waals surface area contributed by atoms with Crippen LogP contribution in [0, 0.1) is 11.8 Å². The Morgan fingerprint density at radius 1 is 1.07 bits per heavy atom. The third-order valence-electron chi connectivity index (χ3n) is 1.62. The van der Waals surface area contributed by atoms with Gasteiger partial charge in [-0.15, -0.1) is 0 Å². The molecule has 0 aromatic heterocycles. The molecule has 0 aromatic rings. The van der Waals surface area contributed by atoms with Crippen molar-refractivity contribution in [2.24, 2.45) is 11.8 Å². The Morgan fingerprint density at radius 3 is 1.64 bits per heavy atom. The molecule has 3 nitrogen and oxygen atoms in total. The molecule has 84 valence electrons. The smallest absolute Gasteiger partial charge is 0.222 e. The Bertz CT molecular complexity index is 152. The van der Waals surface area contributed by atoms with Gasteiger partial charge in [0, 0.05) is 0 Å². The highest BCUT2D eigenvalue weighted by molar-refractivity contribution is 5.59. The van der Waals surface area contributed by atoms with Crippen LogP contribution < -0.4 is 0 Å². The van der Waals surface area contributed by atoms with Crippen molar-refractivity contribution in [2.45, 2.75) is 40.4 Å². The summed E-state index contributed by atoms with van der Waals surface area (Å²) in [4.78, 5) is 10.8. The van der Waals surface area contributed by atoms with Crippen molar-refractivity contribution in [1.29, 1.82) is 0 Å². The van der Waals surface area contributed by atoms with Gasteiger partial charge in [-0.25, -0.2) is 0 Å². The minimum atomic E-state index is -1.07. The fourth-order valence-corrected chi connectivity index (χ4v) is 0.774. The number of carbonyl (C=O) groups is 1. The van der Waals surface area contributed by atoms with E-state index in [0.717, 1.165) is 6.29 Å². The van der Waals surface area contributed by atoms with Gasteiger partial charge in [0.1, 0.15) is 0 Å². The van der Waals surface area contributed by atoms with E-state index in [9.17, 15) is 4.79 Å². The first-order valence-electron chi connectivity index (χ1n) is 5.14. The predicted octanol–water partition coefficient (Wildman–Crippen LogP) is 2.25. The summed E-state index contributed by atoms with van der Waals surface area (Å²) in [5.74, 6) is -0.275. The highest BCUT2D eigenvalue weighted by Gasteiger charge is 2.25. The number of rotatable bonds is 7. The van der Waals surface area contributed by atoms with E-state index in [1.807, 2.05) is 27.7 Å². The Morgan fingerprint density at radius 2 is 1.43 bits per heavy atom. The van der Waals surface area contributed by atoms with Crippen LogP contribution in [-0.4, -0.2) is 25.3 Å². The topological polar surface area (TPSA) is 35.5 Å². The molecule has 0 aromatic carbocycles. The molecule has 0 N–H and O–H groups in total. The normalized spacial score (nSPS) is 12.5. The van der Waals surface area contributed by atoms with Crippen LogP contribution in [0.1, 0.15) is 34.6 Å². The van der Waals surface area contributed by atoms with Crippen molar-refractivity contribution in [3.05, 3.63) is 0 Å². The quantitative estimate of drug-likeness (QED) is 0.469. The molecule has 0 aliphatic rings. The van der Waals surface area contributed by atoms with Crippen molar-refractivity contribution in [2.75, 3.05) is 13.2 Å². The van der Waals surface area contributed by atoms with E-state index in [-0.39, 0.29) is 0 Å². The third-order valence-corrected chi connectivity index (χ3v) is 1.62. The van der Waals surface area contributed by atoms with Gasteiger partial charge in [-0.2, -0.15) is 0 Å². The zero-order chi connectivity index (χ0) is 11.2. The van der Waals surface area contributed by atoms with Gasteiger partial charge in [-0.3, -0.25) is 4.79 Å². The second-order valence-corrected chi connectivity index (χ2v) is 4.54. The number of hydrogen-bond acceptors (Lipinski definition) is 3. The second kappa shape index (κ2) is 6.14. The van der Waals surface area contributed by atoms with Gasteiger partial charge in [0.2, 0.25) is 5.79 Å². The summed E-state index contributed by atoms with van der Waals surface area (Å²) in [5, 5.41) is 0. The Kier molecular flexibility index (Phi) is 5.96. The van der Waals surface area contributed by atoms with Gasteiger partial charge in [-0.05, 0) is 18.8 Å². The molecule has 0 heterocycles. The number of aldehydes is 1. The van der Waals surface area contributed by atoms with E-state index < -0.39 is 5.79 Å². The molecule has 0 saturated heterocycles. The van der Waals surface area contributed by atoms with Gasteiger partial charge >= 0.3 is 0 Å². The van der Waals surface area contributed by atoms with E-state index in [0.29, 0.717) is 25.0 Å². The molecule has 0 aliphatic carbocycles. The van der Waals surface area contributed by atoms with E-state index in [1.165, 1.54) is 0 Å². The highest BCUT2D eigenvalue weighted by Crippen LogP contribution is 2.12. The third kappa shape index (κ3) is 6.11. The summed E-state index contributed by atoms with van der Waals surface area (Å²) in [6.07, 6.45) is 0.720. The molecule has 0 rings (SSSR count). The molecule has 14 heavy (non-hydrogen) atoms. The Hall–Kier alpha value is -0.410. The molecule has 0 atom stereocenters. The molecule has 0 radical (unpaired) electrons. The maximum Gasteiger partial charge on any atom is 0.222 e. The standard InChI is InChI=1S/C11H22O3/c1-9(2)6-13-11(5,8-12)14-7-10(3)4/h8-10H,6-7H2,1-5H3. The van der Waals surface area contributed by atoms with Crippen molar-refractivity contribution in [3.63, 3.8) is 0 Å². The molecular formula is C11H22O3. The van der Waals surface area contributed by atoms with Crippen molar-refractivity contribution in [3.8, 4) is 0 Å².